The molecule has 1 aromatic rings. The van der Waals surface area contributed by atoms with Crippen LogP contribution in [0.4, 0.5) is 0 Å². The Labute approximate surface area is 64.7 Å². The van der Waals surface area contributed by atoms with Crippen LogP contribution in [0.15, 0.2) is 29.5 Å². The van der Waals surface area contributed by atoms with Gasteiger partial charge >= 0.3 is 0 Å². The van der Waals surface area contributed by atoms with Crippen LogP contribution in [0, 0.1) is 0 Å². The number of Topliss-reactive ketones (excluding diaryl/α,β-unsaturated/α-hetero) is 1. The molecule has 0 radical (unpaired) electrons. The fraction of sp³-hybridized carbons (Fsp3) is 0.250. The van der Waals surface area contributed by atoms with E-state index >= 15 is 0 Å². The minimum atomic E-state index is -0.00125. The van der Waals surface area contributed by atoms with Crippen LogP contribution in [0.3, 0.4) is 0 Å². The maximum atomic E-state index is 11.1. The molecule has 0 aliphatic rings. The standard InChI is InChI=1S/C8H9NO2/c1-2-3-4-8(10)7-5-6-11-9-7/h2,5-6H,1,3-4H2. The van der Waals surface area contributed by atoms with Gasteiger partial charge in [-0.1, -0.05) is 11.2 Å². The van der Waals surface area contributed by atoms with Gasteiger partial charge < -0.3 is 4.52 Å². The van der Waals surface area contributed by atoms with Crippen molar-refractivity contribution in [2.24, 2.45) is 0 Å². The molecule has 0 N–H and O–H groups in total. The fourth-order valence-electron chi connectivity index (χ4n) is 0.718. The highest BCUT2D eigenvalue weighted by atomic mass is 16.5. The van der Waals surface area contributed by atoms with Crippen LogP contribution in [0.5, 0.6) is 0 Å². The zero-order valence-corrected chi connectivity index (χ0v) is 6.12. The van der Waals surface area contributed by atoms with Crippen LogP contribution in [-0.2, 0) is 0 Å². The van der Waals surface area contributed by atoms with Gasteiger partial charge in [0.2, 0.25) is 0 Å². The molecule has 0 aliphatic heterocycles. The van der Waals surface area contributed by atoms with Crippen molar-refractivity contribution in [2.45, 2.75) is 12.8 Å². The Kier molecular flexibility index (Phi) is 2.60. The first-order chi connectivity index (χ1) is 5.34. The third-order valence-corrected chi connectivity index (χ3v) is 1.30. The predicted molar refractivity (Wildman–Crippen MR) is 40.3 cm³/mol. The molecule has 58 valence electrons. The minimum Gasteiger partial charge on any atom is -0.364 e. The molecule has 11 heavy (non-hydrogen) atoms. The van der Waals surface area contributed by atoms with Crippen molar-refractivity contribution >= 4 is 5.78 Å². The highest BCUT2D eigenvalue weighted by Crippen LogP contribution is 2.01. The monoisotopic (exact) mass is 151 g/mol. The number of hydrogen-bond acceptors (Lipinski definition) is 3. The van der Waals surface area contributed by atoms with Gasteiger partial charge in [-0.2, -0.15) is 0 Å². The number of nitrogens with zero attached hydrogens (tertiary/aromatic N) is 1. The Bertz CT molecular complexity index is 239. The van der Waals surface area contributed by atoms with Crippen molar-refractivity contribution in [3.05, 3.63) is 30.7 Å². The molecule has 1 rings (SSSR count). The molecule has 3 heteroatoms. The molecule has 0 aliphatic carbocycles. The van der Waals surface area contributed by atoms with Crippen LogP contribution in [0.25, 0.3) is 0 Å². The Hall–Kier alpha value is -1.38. The lowest BCUT2D eigenvalue weighted by molar-refractivity contribution is 0.0975. The van der Waals surface area contributed by atoms with Crippen molar-refractivity contribution in [1.82, 2.24) is 5.16 Å². The van der Waals surface area contributed by atoms with Crippen molar-refractivity contribution in [3.8, 4) is 0 Å². The number of ketones is 1. The molecule has 0 spiro atoms. The molecule has 0 saturated carbocycles. The van der Waals surface area contributed by atoms with Gasteiger partial charge in [-0.3, -0.25) is 4.79 Å². The Morgan fingerprint density at radius 1 is 1.82 bits per heavy atom. The average Bonchev–Trinajstić information content (AvgIpc) is 2.52. The van der Waals surface area contributed by atoms with Gasteiger partial charge in [-0.15, -0.1) is 6.58 Å². The molecule has 0 atom stereocenters. The molecule has 1 aromatic heterocycles. The van der Waals surface area contributed by atoms with Gasteiger partial charge in [0.1, 0.15) is 12.0 Å². The summed E-state index contributed by atoms with van der Waals surface area (Å²) in [6.07, 6.45) is 4.24. The van der Waals surface area contributed by atoms with E-state index in [2.05, 4.69) is 16.3 Å². The molecule has 0 aromatic carbocycles. The fourth-order valence-corrected chi connectivity index (χ4v) is 0.718. The van der Waals surface area contributed by atoms with Crippen LogP contribution in [-0.4, -0.2) is 10.9 Å². The first-order valence-electron chi connectivity index (χ1n) is 3.39. The van der Waals surface area contributed by atoms with Crippen LogP contribution in [0.1, 0.15) is 23.3 Å². The van der Waals surface area contributed by atoms with E-state index in [1.54, 1.807) is 12.1 Å². The lowest BCUT2D eigenvalue weighted by Gasteiger charge is -1.89. The van der Waals surface area contributed by atoms with E-state index in [1.807, 2.05) is 0 Å². The van der Waals surface area contributed by atoms with Crippen molar-refractivity contribution in [3.63, 3.8) is 0 Å². The van der Waals surface area contributed by atoms with E-state index < -0.39 is 0 Å². The SMILES string of the molecule is C=CCCC(=O)c1ccon1. The summed E-state index contributed by atoms with van der Waals surface area (Å²) in [6, 6.07) is 1.56. The third kappa shape index (κ3) is 2.04. The molecule has 0 fully saturated rings. The van der Waals surface area contributed by atoms with E-state index in [0.29, 0.717) is 18.5 Å². The summed E-state index contributed by atoms with van der Waals surface area (Å²) >= 11 is 0. The predicted octanol–water partition coefficient (Wildman–Crippen LogP) is 1.82. The summed E-state index contributed by atoms with van der Waals surface area (Å²) in [6.45, 7) is 3.52. The lowest BCUT2D eigenvalue weighted by atomic mass is 10.2. The first kappa shape index (κ1) is 7.72. The topological polar surface area (TPSA) is 43.1 Å². The number of carbonyl (C=O) groups is 1. The van der Waals surface area contributed by atoms with Crippen molar-refractivity contribution < 1.29 is 9.32 Å². The molecule has 3 nitrogen and oxygen atoms in total. The van der Waals surface area contributed by atoms with Gasteiger partial charge in [0, 0.05) is 12.5 Å². The molecule has 1 heterocycles. The van der Waals surface area contributed by atoms with Gasteiger partial charge in [-0.05, 0) is 6.42 Å². The Balaban J connectivity index is 2.49. The summed E-state index contributed by atoms with van der Waals surface area (Å²) in [5, 5.41) is 3.51. The first-order valence-corrected chi connectivity index (χ1v) is 3.39. The number of hydrogen-bond donors (Lipinski definition) is 0. The van der Waals surface area contributed by atoms with Gasteiger partial charge in [0.05, 0.1) is 0 Å². The number of aromatic nitrogens is 1. The largest absolute Gasteiger partial charge is 0.364 e. The zero-order chi connectivity index (χ0) is 8.10. The summed E-state index contributed by atoms with van der Waals surface area (Å²) in [5.74, 6) is -0.00125. The Morgan fingerprint density at radius 3 is 3.18 bits per heavy atom. The van der Waals surface area contributed by atoms with Crippen LogP contribution in [0.2, 0.25) is 0 Å². The summed E-state index contributed by atoms with van der Waals surface area (Å²) in [7, 11) is 0. The van der Waals surface area contributed by atoms with Gasteiger partial charge in [0.15, 0.2) is 5.78 Å². The lowest BCUT2D eigenvalue weighted by Crippen LogP contribution is -1.97. The zero-order valence-electron chi connectivity index (χ0n) is 6.12. The molecule has 0 saturated heterocycles. The van der Waals surface area contributed by atoms with E-state index in [1.165, 1.54) is 6.26 Å². The normalized spacial score (nSPS) is 9.45. The molecular weight excluding hydrogens is 142 g/mol. The maximum absolute atomic E-state index is 11.1. The van der Waals surface area contributed by atoms with Crippen molar-refractivity contribution in [1.29, 1.82) is 0 Å². The molecular formula is C8H9NO2. The maximum Gasteiger partial charge on any atom is 0.185 e. The smallest absolute Gasteiger partial charge is 0.185 e. The van der Waals surface area contributed by atoms with E-state index in [0.717, 1.165) is 0 Å². The van der Waals surface area contributed by atoms with E-state index in [-0.39, 0.29) is 5.78 Å². The number of allylic oxidation sites excluding steroid dienone is 1. The van der Waals surface area contributed by atoms with Gasteiger partial charge in [-0.25, -0.2) is 0 Å². The summed E-state index contributed by atoms with van der Waals surface area (Å²) < 4.78 is 4.52. The average molecular weight is 151 g/mol. The molecule has 0 bridgehead atoms. The summed E-state index contributed by atoms with van der Waals surface area (Å²) in [5.41, 5.74) is 0.395. The molecule has 0 unspecified atom stereocenters. The number of carbonyl (C=O) groups excluding carboxylic acids is 1. The number of rotatable bonds is 4. The van der Waals surface area contributed by atoms with E-state index in [4.69, 9.17) is 0 Å². The minimum absolute atomic E-state index is 0.00125. The van der Waals surface area contributed by atoms with Crippen LogP contribution >= 0.6 is 0 Å². The quantitative estimate of drug-likeness (QED) is 0.487. The Morgan fingerprint density at radius 2 is 2.64 bits per heavy atom. The highest BCUT2D eigenvalue weighted by Gasteiger charge is 2.06. The molecule has 0 amide bonds. The second kappa shape index (κ2) is 3.71. The highest BCUT2D eigenvalue weighted by molar-refractivity contribution is 5.93. The third-order valence-electron chi connectivity index (χ3n) is 1.30. The van der Waals surface area contributed by atoms with Crippen LogP contribution < -0.4 is 0 Å². The van der Waals surface area contributed by atoms with E-state index in [9.17, 15) is 4.79 Å². The second-order valence-electron chi connectivity index (χ2n) is 2.14. The van der Waals surface area contributed by atoms with Crippen molar-refractivity contribution in [2.75, 3.05) is 0 Å². The second-order valence-corrected chi connectivity index (χ2v) is 2.14. The van der Waals surface area contributed by atoms with Gasteiger partial charge in [0.25, 0.3) is 0 Å². The summed E-state index contributed by atoms with van der Waals surface area (Å²) in [4.78, 5) is 11.1.